The molecule has 3 aromatic rings. The van der Waals surface area contributed by atoms with Crippen LogP contribution in [0.3, 0.4) is 0 Å². The summed E-state index contributed by atoms with van der Waals surface area (Å²) >= 11 is 1.47. The third-order valence-corrected chi connectivity index (χ3v) is 5.45. The van der Waals surface area contributed by atoms with Gasteiger partial charge >= 0.3 is 0 Å². The second kappa shape index (κ2) is 5.77. The van der Waals surface area contributed by atoms with Crippen LogP contribution < -0.4 is 0 Å². The van der Waals surface area contributed by atoms with Gasteiger partial charge < -0.3 is 9.88 Å². The Balaban J connectivity index is 1.49. The van der Waals surface area contributed by atoms with Crippen molar-refractivity contribution in [3.8, 4) is 0 Å². The lowest BCUT2D eigenvalue weighted by Gasteiger charge is -2.32. The van der Waals surface area contributed by atoms with Gasteiger partial charge in [-0.3, -0.25) is 4.79 Å². The van der Waals surface area contributed by atoms with E-state index in [9.17, 15) is 4.79 Å². The second-order valence-electron chi connectivity index (χ2n) is 5.95. The van der Waals surface area contributed by atoms with E-state index in [1.165, 1.54) is 22.3 Å². The van der Waals surface area contributed by atoms with Crippen molar-refractivity contribution in [2.24, 2.45) is 0 Å². The average Bonchev–Trinajstić information content (AvgIpc) is 3.22. The second-order valence-corrected chi connectivity index (χ2v) is 7.18. The molecular formula is C17H18N4OS. The predicted octanol–water partition coefficient (Wildman–Crippen LogP) is 3.35. The van der Waals surface area contributed by atoms with Gasteiger partial charge in [0.25, 0.3) is 5.91 Å². The number of hydrogen-bond acceptors (Lipinski definition) is 4. The van der Waals surface area contributed by atoms with Crippen LogP contribution in [0.25, 0.3) is 11.0 Å². The summed E-state index contributed by atoms with van der Waals surface area (Å²) in [6.45, 7) is 3.53. The molecule has 1 aliphatic rings. The number of nitrogens with zero attached hydrogens (tertiary/aromatic N) is 3. The molecule has 1 N–H and O–H groups in total. The lowest BCUT2D eigenvalue weighted by molar-refractivity contribution is 0.0718. The maximum absolute atomic E-state index is 12.5. The van der Waals surface area contributed by atoms with Gasteiger partial charge in [-0.05, 0) is 43.4 Å². The van der Waals surface area contributed by atoms with Crippen molar-refractivity contribution in [3.63, 3.8) is 0 Å². The van der Waals surface area contributed by atoms with Crippen LogP contribution >= 0.6 is 11.3 Å². The molecule has 0 atom stereocenters. The predicted molar refractivity (Wildman–Crippen MR) is 90.8 cm³/mol. The highest BCUT2D eigenvalue weighted by Crippen LogP contribution is 2.32. The molecular weight excluding hydrogens is 308 g/mol. The van der Waals surface area contributed by atoms with Crippen LogP contribution in [0, 0.1) is 6.92 Å². The Morgan fingerprint density at radius 2 is 2.13 bits per heavy atom. The standard InChI is InChI=1S/C17H18N4OS/c1-11-20-10-15(23-11)17(22)21-8-4-12(5-9-21)13-2-6-18-16-14(13)3-7-19-16/h2-3,6-7,10,12H,4-5,8-9H2,1H3,(H,18,19). The van der Waals surface area contributed by atoms with Crippen molar-refractivity contribution in [1.82, 2.24) is 19.9 Å². The number of likely N-dealkylation sites (tertiary alicyclic amines) is 1. The molecule has 0 spiro atoms. The number of hydrogen-bond donors (Lipinski definition) is 1. The van der Waals surface area contributed by atoms with E-state index in [4.69, 9.17) is 0 Å². The zero-order valence-corrected chi connectivity index (χ0v) is 13.8. The first-order valence-electron chi connectivity index (χ1n) is 7.86. The number of rotatable bonds is 2. The number of carbonyl (C=O) groups excluding carboxylic acids is 1. The number of H-pyrrole nitrogens is 1. The van der Waals surface area contributed by atoms with Crippen molar-refractivity contribution in [3.05, 3.63) is 46.2 Å². The Labute approximate surface area is 138 Å². The van der Waals surface area contributed by atoms with Gasteiger partial charge in [-0.2, -0.15) is 0 Å². The molecule has 5 nitrogen and oxygen atoms in total. The van der Waals surface area contributed by atoms with Crippen LogP contribution in [0.2, 0.25) is 0 Å². The molecule has 0 aliphatic carbocycles. The van der Waals surface area contributed by atoms with Crippen molar-refractivity contribution < 1.29 is 4.79 Å². The third-order valence-electron chi connectivity index (χ3n) is 4.55. The highest BCUT2D eigenvalue weighted by atomic mass is 32.1. The number of amides is 1. The van der Waals surface area contributed by atoms with E-state index in [-0.39, 0.29) is 5.91 Å². The number of nitrogens with one attached hydrogen (secondary N) is 1. The van der Waals surface area contributed by atoms with E-state index in [1.807, 2.05) is 24.2 Å². The van der Waals surface area contributed by atoms with Crippen LogP contribution in [0.4, 0.5) is 0 Å². The maximum atomic E-state index is 12.5. The molecule has 0 saturated carbocycles. The number of aromatic nitrogens is 3. The van der Waals surface area contributed by atoms with Crippen LogP contribution in [0.5, 0.6) is 0 Å². The molecule has 0 radical (unpaired) electrons. The zero-order chi connectivity index (χ0) is 15.8. The minimum atomic E-state index is 0.121. The molecule has 6 heteroatoms. The third kappa shape index (κ3) is 2.63. The van der Waals surface area contributed by atoms with Gasteiger partial charge in [0, 0.05) is 30.9 Å². The fourth-order valence-electron chi connectivity index (χ4n) is 3.35. The molecule has 0 unspecified atom stereocenters. The van der Waals surface area contributed by atoms with Crippen molar-refractivity contribution >= 4 is 28.3 Å². The van der Waals surface area contributed by atoms with Gasteiger partial charge in [0.2, 0.25) is 0 Å². The number of thiazole rings is 1. The summed E-state index contributed by atoms with van der Waals surface area (Å²) in [5, 5.41) is 2.14. The largest absolute Gasteiger partial charge is 0.346 e. The summed E-state index contributed by atoms with van der Waals surface area (Å²) in [6.07, 6.45) is 7.49. The van der Waals surface area contributed by atoms with E-state index in [0.717, 1.165) is 41.5 Å². The molecule has 3 aromatic heterocycles. The first kappa shape index (κ1) is 14.4. The van der Waals surface area contributed by atoms with E-state index < -0.39 is 0 Å². The molecule has 118 valence electrons. The van der Waals surface area contributed by atoms with Crippen molar-refractivity contribution in [2.45, 2.75) is 25.7 Å². The monoisotopic (exact) mass is 326 g/mol. The highest BCUT2D eigenvalue weighted by Gasteiger charge is 2.26. The molecule has 0 bridgehead atoms. The minimum absolute atomic E-state index is 0.121. The quantitative estimate of drug-likeness (QED) is 0.785. The zero-order valence-electron chi connectivity index (χ0n) is 13.0. The van der Waals surface area contributed by atoms with Gasteiger partial charge in [-0.25, -0.2) is 9.97 Å². The maximum Gasteiger partial charge on any atom is 0.265 e. The number of carbonyl (C=O) groups is 1. The number of piperidine rings is 1. The number of aromatic amines is 1. The van der Waals surface area contributed by atoms with Gasteiger partial charge in [0.1, 0.15) is 10.5 Å². The Kier molecular flexibility index (Phi) is 3.61. The molecule has 4 heterocycles. The summed E-state index contributed by atoms with van der Waals surface area (Å²) < 4.78 is 0. The fourth-order valence-corrected chi connectivity index (χ4v) is 4.09. The van der Waals surface area contributed by atoms with E-state index in [1.54, 1.807) is 6.20 Å². The molecule has 0 aromatic carbocycles. The molecule has 1 aliphatic heterocycles. The topological polar surface area (TPSA) is 61.9 Å². The molecule has 4 rings (SSSR count). The van der Waals surface area contributed by atoms with E-state index in [2.05, 4.69) is 27.1 Å². The van der Waals surface area contributed by atoms with Gasteiger partial charge in [-0.15, -0.1) is 11.3 Å². The summed E-state index contributed by atoms with van der Waals surface area (Å²) in [5.74, 6) is 0.610. The first-order chi connectivity index (χ1) is 11.2. The van der Waals surface area contributed by atoms with Crippen molar-refractivity contribution in [1.29, 1.82) is 0 Å². The summed E-state index contributed by atoms with van der Waals surface area (Å²) in [6, 6.07) is 4.21. The highest BCUT2D eigenvalue weighted by molar-refractivity contribution is 7.13. The summed E-state index contributed by atoms with van der Waals surface area (Å²) in [5.41, 5.74) is 2.29. The van der Waals surface area contributed by atoms with Gasteiger partial charge in [0.15, 0.2) is 0 Å². The lowest BCUT2D eigenvalue weighted by Crippen LogP contribution is -2.37. The molecule has 1 saturated heterocycles. The number of fused-ring (bicyclic) bond motifs is 1. The Morgan fingerprint density at radius 1 is 1.30 bits per heavy atom. The van der Waals surface area contributed by atoms with Crippen molar-refractivity contribution in [2.75, 3.05) is 13.1 Å². The van der Waals surface area contributed by atoms with E-state index >= 15 is 0 Å². The number of pyridine rings is 1. The van der Waals surface area contributed by atoms with Gasteiger partial charge in [-0.1, -0.05) is 0 Å². The molecule has 23 heavy (non-hydrogen) atoms. The Bertz CT molecular complexity index is 845. The SMILES string of the molecule is Cc1ncc(C(=O)N2CCC(c3ccnc4[nH]ccc34)CC2)s1. The minimum Gasteiger partial charge on any atom is -0.346 e. The Morgan fingerprint density at radius 3 is 2.87 bits per heavy atom. The van der Waals surface area contributed by atoms with E-state index in [0.29, 0.717) is 5.92 Å². The smallest absolute Gasteiger partial charge is 0.265 e. The van der Waals surface area contributed by atoms with Crippen LogP contribution in [-0.2, 0) is 0 Å². The summed E-state index contributed by atoms with van der Waals surface area (Å²) in [4.78, 5) is 26.9. The fraction of sp³-hybridized carbons (Fsp3) is 0.353. The Hall–Kier alpha value is -2.21. The molecule has 1 amide bonds. The summed E-state index contributed by atoms with van der Waals surface area (Å²) in [7, 11) is 0. The van der Waals surface area contributed by atoms with Crippen LogP contribution in [0.15, 0.2) is 30.7 Å². The first-order valence-corrected chi connectivity index (χ1v) is 8.68. The van der Waals surface area contributed by atoms with Gasteiger partial charge in [0.05, 0.1) is 11.2 Å². The normalized spacial score (nSPS) is 16.1. The molecule has 1 fully saturated rings. The lowest BCUT2D eigenvalue weighted by atomic mass is 9.88. The average molecular weight is 326 g/mol. The van der Waals surface area contributed by atoms with Crippen LogP contribution in [0.1, 0.15) is 39.0 Å². The number of aryl methyl sites for hydroxylation is 1. The van der Waals surface area contributed by atoms with Crippen LogP contribution in [-0.4, -0.2) is 38.8 Å².